The summed E-state index contributed by atoms with van der Waals surface area (Å²) in [6, 6.07) is 37.7. The molecule has 0 aromatic heterocycles. The number of benzene rings is 6. The maximum atomic E-state index is 3.43. The average Bonchev–Trinajstić information content (AvgIpc) is 2.86. The minimum atomic E-state index is 1.02. The molecule has 6 rings (SSSR count). The Labute approximate surface area is 187 Å². The van der Waals surface area contributed by atoms with Crippen molar-refractivity contribution in [2.24, 2.45) is 0 Å². The smallest absolute Gasteiger partial charge is 0.0334 e. The van der Waals surface area contributed by atoms with Crippen LogP contribution in [0.25, 0.3) is 32.3 Å². The maximum absolute atomic E-state index is 3.43. The largest absolute Gasteiger partial charge is 0.0622 e. The fraction of sp³-hybridized carbons (Fsp3) is 0. The zero-order valence-electron chi connectivity index (χ0n) is 17.4. The topological polar surface area (TPSA) is 0 Å². The van der Waals surface area contributed by atoms with E-state index in [4.69, 9.17) is 0 Å². The molecule has 0 amide bonds. The van der Waals surface area contributed by atoms with Crippen molar-refractivity contribution in [2.75, 3.05) is 0 Å². The van der Waals surface area contributed by atoms with Gasteiger partial charge < -0.3 is 0 Å². The van der Waals surface area contributed by atoms with Crippen molar-refractivity contribution in [1.29, 1.82) is 0 Å². The van der Waals surface area contributed by atoms with Crippen LogP contribution in [0.15, 0.2) is 109 Å². The maximum Gasteiger partial charge on any atom is 0.0334 e. The first-order valence-corrected chi connectivity index (χ1v) is 10.7. The monoisotopic (exact) mass is 402 g/mol. The van der Waals surface area contributed by atoms with Crippen molar-refractivity contribution in [3.8, 4) is 23.7 Å². The predicted octanol–water partition coefficient (Wildman–Crippen LogP) is 7.38. The van der Waals surface area contributed by atoms with Gasteiger partial charge in [0.1, 0.15) is 0 Å². The molecular formula is C32H18. The predicted molar refractivity (Wildman–Crippen MR) is 135 cm³/mol. The molecule has 0 aliphatic carbocycles. The first-order chi connectivity index (χ1) is 15.9. The fourth-order valence-corrected chi connectivity index (χ4v) is 4.36. The average molecular weight is 402 g/mol. The van der Waals surface area contributed by atoms with Gasteiger partial charge in [-0.05, 0) is 68.7 Å². The van der Waals surface area contributed by atoms with E-state index in [9.17, 15) is 0 Å². The highest BCUT2D eigenvalue weighted by Gasteiger charge is 2.12. The third-order valence-corrected chi connectivity index (χ3v) is 5.87. The summed E-state index contributed by atoms with van der Waals surface area (Å²) in [5.41, 5.74) is 4.13. The molecule has 32 heavy (non-hydrogen) atoms. The van der Waals surface area contributed by atoms with Crippen LogP contribution in [0, 0.1) is 23.7 Å². The van der Waals surface area contributed by atoms with Crippen molar-refractivity contribution in [3.63, 3.8) is 0 Å². The third-order valence-electron chi connectivity index (χ3n) is 5.87. The lowest BCUT2D eigenvalue weighted by molar-refractivity contribution is 1.64. The highest BCUT2D eigenvalue weighted by Crippen LogP contribution is 2.37. The molecule has 0 spiro atoms. The highest BCUT2D eigenvalue weighted by molar-refractivity contribution is 6.25. The van der Waals surface area contributed by atoms with Crippen molar-refractivity contribution in [2.45, 2.75) is 0 Å². The molecule has 6 aromatic rings. The molecule has 146 valence electrons. The van der Waals surface area contributed by atoms with Crippen molar-refractivity contribution >= 4 is 32.3 Å². The molecule has 0 saturated heterocycles. The Morgan fingerprint density at radius 2 is 0.969 bits per heavy atom. The van der Waals surface area contributed by atoms with Crippen LogP contribution in [-0.2, 0) is 0 Å². The van der Waals surface area contributed by atoms with Crippen LogP contribution >= 0.6 is 0 Å². The summed E-state index contributed by atoms with van der Waals surface area (Å²) in [4.78, 5) is 0. The molecule has 0 radical (unpaired) electrons. The summed E-state index contributed by atoms with van der Waals surface area (Å²) in [5.74, 6) is 13.5. The van der Waals surface area contributed by atoms with Crippen LogP contribution in [0.2, 0.25) is 0 Å². The summed E-state index contributed by atoms with van der Waals surface area (Å²) in [7, 11) is 0. The quantitative estimate of drug-likeness (QED) is 0.184. The van der Waals surface area contributed by atoms with Gasteiger partial charge in [0.15, 0.2) is 0 Å². The van der Waals surface area contributed by atoms with Gasteiger partial charge in [-0.1, -0.05) is 96.5 Å². The summed E-state index contributed by atoms with van der Waals surface area (Å²) in [5, 5.41) is 7.35. The molecule has 0 saturated carbocycles. The lowest BCUT2D eigenvalue weighted by Gasteiger charge is -2.13. The lowest BCUT2D eigenvalue weighted by Crippen LogP contribution is -1.90. The van der Waals surface area contributed by atoms with E-state index in [1.165, 1.54) is 32.3 Å². The molecule has 0 aliphatic rings. The van der Waals surface area contributed by atoms with Gasteiger partial charge in [0, 0.05) is 22.3 Å². The van der Waals surface area contributed by atoms with Crippen molar-refractivity contribution in [1.82, 2.24) is 0 Å². The van der Waals surface area contributed by atoms with E-state index < -0.39 is 0 Å². The van der Waals surface area contributed by atoms with Crippen LogP contribution in [0.1, 0.15) is 22.3 Å². The van der Waals surface area contributed by atoms with E-state index in [0.717, 1.165) is 22.3 Å². The van der Waals surface area contributed by atoms with Gasteiger partial charge in [-0.2, -0.15) is 0 Å². The molecule has 0 N–H and O–H groups in total. The molecule has 0 atom stereocenters. The molecule has 0 heteroatoms. The second kappa shape index (κ2) is 7.63. The Hall–Kier alpha value is -4.52. The van der Waals surface area contributed by atoms with Crippen LogP contribution < -0.4 is 0 Å². The molecule has 0 fully saturated rings. The molecule has 0 bridgehead atoms. The van der Waals surface area contributed by atoms with E-state index >= 15 is 0 Å². The molecule has 0 aliphatic heterocycles. The van der Waals surface area contributed by atoms with E-state index in [1.54, 1.807) is 0 Å². The van der Waals surface area contributed by atoms with Gasteiger partial charge in [-0.25, -0.2) is 0 Å². The van der Waals surface area contributed by atoms with Crippen LogP contribution in [0.5, 0.6) is 0 Å². The minimum absolute atomic E-state index is 1.02. The number of hydrogen-bond acceptors (Lipinski definition) is 0. The minimum Gasteiger partial charge on any atom is -0.0622 e. The van der Waals surface area contributed by atoms with Gasteiger partial charge in [0.2, 0.25) is 0 Å². The Morgan fingerprint density at radius 3 is 1.69 bits per heavy atom. The van der Waals surface area contributed by atoms with Crippen LogP contribution in [0.3, 0.4) is 0 Å². The molecule has 6 aromatic carbocycles. The zero-order valence-corrected chi connectivity index (χ0v) is 17.4. The Kier molecular flexibility index (Phi) is 4.35. The van der Waals surface area contributed by atoms with Crippen LogP contribution in [-0.4, -0.2) is 0 Å². The SMILES string of the molecule is C(#Cc1ccc2c(C#Cc3ccccc3)cc3cccc4ccc1c2c43)c1ccccc1. The summed E-state index contributed by atoms with van der Waals surface area (Å²) >= 11 is 0. The van der Waals surface area contributed by atoms with E-state index in [2.05, 4.69) is 72.2 Å². The second-order valence-electron chi connectivity index (χ2n) is 7.88. The van der Waals surface area contributed by atoms with E-state index in [0.29, 0.717) is 0 Å². The fourth-order valence-electron chi connectivity index (χ4n) is 4.36. The van der Waals surface area contributed by atoms with E-state index in [1.807, 2.05) is 60.7 Å². The second-order valence-corrected chi connectivity index (χ2v) is 7.88. The normalized spacial score (nSPS) is 10.6. The summed E-state index contributed by atoms with van der Waals surface area (Å²) in [6.07, 6.45) is 0. The lowest BCUT2D eigenvalue weighted by atomic mass is 9.89. The zero-order chi connectivity index (χ0) is 21.3. The molecule has 0 heterocycles. The third kappa shape index (κ3) is 3.16. The van der Waals surface area contributed by atoms with Crippen molar-refractivity contribution < 1.29 is 0 Å². The standard InChI is InChI=1S/C32H18/c1-3-8-23(9-4-1)14-16-25-18-20-30-27(17-15-24-10-5-2-6-11-24)22-28-13-7-12-26-19-21-29(25)32(30)31(26)28/h1-13,18-22H. The number of rotatable bonds is 0. The Balaban J connectivity index is 1.62. The van der Waals surface area contributed by atoms with Gasteiger partial charge in [-0.15, -0.1) is 0 Å². The van der Waals surface area contributed by atoms with E-state index in [-0.39, 0.29) is 0 Å². The van der Waals surface area contributed by atoms with Gasteiger partial charge in [0.05, 0.1) is 0 Å². The van der Waals surface area contributed by atoms with Gasteiger partial charge in [-0.3, -0.25) is 0 Å². The van der Waals surface area contributed by atoms with Crippen LogP contribution in [0.4, 0.5) is 0 Å². The summed E-state index contributed by atoms with van der Waals surface area (Å²) in [6.45, 7) is 0. The highest BCUT2D eigenvalue weighted by atomic mass is 14.1. The Bertz CT molecular complexity index is 1700. The number of hydrogen-bond donors (Lipinski definition) is 0. The molecular weight excluding hydrogens is 384 g/mol. The van der Waals surface area contributed by atoms with Crippen molar-refractivity contribution in [3.05, 3.63) is 131 Å². The molecule has 0 unspecified atom stereocenters. The Morgan fingerprint density at radius 1 is 0.375 bits per heavy atom. The molecule has 0 nitrogen and oxygen atoms in total. The summed E-state index contributed by atoms with van der Waals surface area (Å²) < 4.78 is 0. The van der Waals surface area contributed by atoms with Gasteiger partial charge in [0.25, 0.3) is 0 Å². The first-order valence-electron chi connectivity index (χ1n) is 10.7. The van der Waals surface area contributed by atoms with Gasteiger partial charge >= 0.3 is 0 Å². The first kappa shape index (κ1) is 18.3.